The molecule has 0 spiro atoms. The van der Waals surface area contributed by atoms with Crippen molar-refractivity contribution in [2.75, 3.05) is 10.6 Å². The Bertz CT molecular complexity index is 644. The summed E-state index contributed by atoms with van der Waals surface area (Å²) in [5, 5.41) is 13.6. The SMILES string of the molecule is O=C(CBr)Nc1ccc(Sc2ccc([N+](=O)[O-])cc2)cc1. The molecule has 0 heterocycles. The molecule has 0 aliphatic rings. The van der Waals surface area contributed by atoms with E-state index in [9.17, 15) is 14.9 Å². The van der Waals surface area contributed by atoms with Crippen LogP contribution in [0.15, 0.2) is 58.3 Å². The lowest BCUT2D eigenvalue weighted by Crippen LogP contribution is -2.11. The minimum Gasteiger partial charge on any atom is -0.325 e. The minimum absolute atomic E-state index is 0.0761. The number of hydrogen-bond donors (Lipinski definition) is 1. The summed E-state index contributed by atoms with van der Waals surface area (Å²) in [5.41, 5.74) is 0.805. The minimum atomic E-state index is -0.421. The average molecular weight is 367 g/mol. The number of carbonyl (C=O) groups excluding carboxylic acids is 1. The lowest BCUT2D eigenvalue weighted by Gasteiger charge is -2.05. The molecule has 21 heavy (non-hydrogen) atoms. The summed E-state index contributed by atoms with van der Waals surface area (Å²) in [6, 6.07) is 13.8. The van der Waals surface area contributed by atoms with E-state index in [1.807, 2.05) is 24.3 Å². The van der Waals surface area contributed by atoms with Crippen LogP contribution in [0.1, 0.15) is 0 Å². The van der Waals surface area contributed by atoms with Crippen molar-refractivity contribution in [3.05, 3.63) is 58.6 Å². The Morgan fingerprint density at radius 2 is 1.62 bits per heavy atom. The van der Waals surface area contributed by atoms with Crippen molar-refractivity contribution in [1.29, 1.82) is 0 Å². The predicted molar refractivity (Wildman–Crippen MR) is 86.1 cm³/mol. The van der Waals surface area contributed by atoms with Crippen molar-refractivity contribution in [3.8, 4) is 0 Å². The number of anilines is 1. The number of nitrogens with zero attached hydrogens (tertiary/aromatic N) is 1. The fourth-order valence-corrected chi connectivity index (χ4v) is 2.53. The summed E-state index contributed by atoms with van der Waals surface area (Å²) in [6.45, 7) is 0. The molecular weight excluding hydrogens is 356 g/mol. The van der Waals surface area contributed by atoms with Gasteiger partial charge >= 0.3 is 0 Å². The van der Waals surface area contributed by atoms with Crippen LogP contribution in [0.4, 0.5) is 11.4 Å². The van der Waals surface area contributed by atoms with Gasteiger partial charge in [0.15, 0.2) is 0 Å². The van der Waals surface area contributed by atoms with Crippen molar-refractivity contribution >= 4 is 45.0 Å². The van der Waals surface area contributed by atoms with Crippen molar-refractivity contribution in [1.82, 2.24) is 0 Å². The molecule has 7 heteroatoms. The molecule has 0 aliphatic carbocycles. The Balaban J connectivity index is 2.02. The zero-order valence-electron chi connectivity index (χ0n) is 10.8. The normalized spacial score (nSPS) is 10.1. The van der Waals surface area contributed by atoms with E-state index in [2.05, 4.69) is 21.2 Å². The highest BCUT2D eigenvalue weighted by Gasteiger charge is 2.05. The van der Waals surface area contributed by atoms with E-state index in [0.717, 1.165) is 15.5 Å². The number of hydrogen-bond acceptors (Lipinski definition) is 4. The summed E-state index contributed by atoms with van der Waals surface area (Å²) in [5.74, 6) is -0.106. The van der Waals surface area contributed by atoms with Crippen LogP contribution in [0.2, 0.25) is 0 Å². The third kappa shape index (κ3) is 4.57. The Labute approximate surface area is 134 Å². The number of benzene rings is 2. The van der Waals surface area contributed by atoms with Gasteiger partial charge in [0.05, 0.1) is 10.3 Å². The van der Waals surface area contributed by atoms with Gasteiger partial charge in [-0.05, 0) is 36.4 Å². The number of halogens is 1. The van der Waals surface area contributed by atoms with Crippen LogP contribution in [0.5, 0.6) is 0 Å². The smallest absolute Gasteiger partial charge is 0.269 e. The van der Waals surface area contributed by atoms with Gasteiger partial charge in [0.2, 0.25) is 5.91 Å². The van der Waals surface area contributed by atoms with Crippen LogP contribution >= 0.6 is 27.7 Å². The molecule has 2 aromatic carbocycles. The van der Waals surface area contributed by atoms with Crippen molar-refractivity contribution in [3.63, 3.8) is 0 Å². The lowest BCUT2D eigenvalue weighted by molar-refractivity contribution is -0.384. The largest absolute Gasteiger partial charge is 0.325 e. The number of nitro groups is 1. The molecule has 5 nitrogen and oxygen atoms in total. The van der Waals surface area contributed by atoms with Crippen LogP contribution < -0.4 is 5.32 Å². The topological polar surface area (TPSA) is 72.2 Å². The van der Waals surface area contributed by atoms with Crippen LogP contribution in [0.25, 0.3) is 0 Å². The second kappa shape index (κ2) is 7.24. The zero-order valence-corrected chi connectivity index (χ0v) is 13.2. The van der Waals surface area contributed by atoms with Gasteiger partial charge in [-0.15, -0.1) is 0 Å². The Morgan fingerprint density at radius 3 is 2.10 bits per heavy atom. The molecule has 1 amide bonds. The van der Waals surface area contributed by atoms with Gasteiger partial charge in [0.1, 0.15) is 0 Å². The molecule has 108 valence electrons. The highest BCUT2D eigenvalue weighted by Crippen LogP contribution is 2.29. The molecule has 0 bridgehead atoms. The Morgan fingerprint density at radius 1 is 1.10 bits per heavy atom. The quantitative estimate of drug-likeness (QED) is 0.491. The molecule has 0 saturated heterocycles. The first-order valence-corrected chi connectivity index (χ1v) is 7.90. The maximum atomic E-state index is 11.2. The second-order valence-corrected chi connectivity index (χ2v) is 5.77. The Hall–Kier alpha value is -1.86. The van der Waals surface area contributed by atoms with Crippen LogP contribution in [-0.4, -0.2) is 16.2 Å². The van der Waals surface area contributed by atoms with Crippen LogP contribution in [0, 0.1) is 10.1 Å². The number of alkyl halides is 1. The number of amides is 1. The van der Waals surface area contributed by atoms with Crippen LogP contribution in [-0.2, 0) is 4.79 Å². The number of carbonyl (C=O) groups is 1. The van der Waals surface area contributed by atoms with E-state index in [0.29, 0.717) is 0 Å². The van der Waals surface area contributed by atoms with Gasteiger partial charge in [-0.2, -0.15) is 0 Å². The summed E-state index contributed by atoms with van der Waals surface area (Å²) < 4.78 is 0. The lowest BCUT2D eigenvalue weighted by atomic mass is 10.3. The van der Waals surface area contributed by atoms with E-state index in [1.165, 1.54) is 23.9 Å². The van der Waals surface area contributed by atoms with E-state index in [-0.39, 0.29) is 16.9 Å². The molecular formula is C14H11BrN2O3S. The first-order chi connectivity index (χ1) is 10.1. The molecule has 0 saturated carbocycles. The molecule has 0 atom stereocenters. The third-order valence-electron chi connectivity index (χ3n) is 2.54. The second-order valence-electron chi connectivity index (χ2n) is 4.06. The van der Waals surface area contributed by atoms with Crippen molar-refractivity contribution in [2.24, 2.45) is 0 Å². The van der Waals surface area contributed by atoms with E-state index in [4.69, 9.17) is 0 Å². The van der Waals surface area contributed by atoms with E-state index in [1.54, 1.807) is 12.1 Å². The fourth-order valence-electron chi connectivity index (χ4n) is 1.57. The van der Waals surface area contributed by atoms with Crippen LogP contribution in [0.3, 0.4) is 0 Å². The Kier molecular flexibility index (Phi) is 5.35. The maximum Gasteiger partial charge on any atom is 0.269 e. The number of nitro benzene ring substituents is 1. The molecule has 2 rings (SSSR count). The van der Waals surface area contributed by atoms with Gasteiger partial charge in [0, 0.05) is 27.6 Å². The third-order valence-corrected chi connectivity index (χ3v) is 4.07. The number of non-ortho nitro benzene ring substituents is 1. The summed E-state index contributed by atoms with van der Waals surface area (Å²) in [7, 11) is 0. The van der Waals surface area contributed by atoms with Gasteiger partial charge in [-0.3, -0.25) is 14.9 Å². The molecule has 0 aromatic heterocycles. The summed E-state index contributed by atoms with van der Waals surface area (Å²) in [6.07, 6.45) is 0. The van der Waals surface area contributed by atoms with Gasteiger partial charge in [-0.1, -0.05) is 27.7 Å². The predicted octanol–water partition coefficient (Wildman–Crippen LogP) is 4.08. The highest BCUT2D eigenvalue weighted by atomic mass is 79.9. The average Bonchev–Trinajstić information content (AvgIpc) is 2.49. The molecule has 1 N–H and O–H groups in total. The zero-order chi connectivity index (χ0) is 15.2. The van der Waals surface area contributed by atoms with Crippen molar-refractivity contribution in [2.45, 2.75) is 9.79 Å². The number of nitrogens with one attached hydrogen (secondary N) is 1. The molecule has 0 aliphatic heterocycles. The molecule has 0 radical (unpaired) electrons. The first-order valence-electron chi connectivity index (χ1n) is 5.96. The highest BCUT2D eigenvalue weighted by molar-refractivity contribution is 9.09. The maximum absolute atomic E-state index is 11.2. The molecule has 0 fully saturated rings. The molecule has 0 unspecified atom stereocenters. The van der Waals surface area contributed by atoms with E-state index < -0.39 is 4.92 Å². The van der Waals surface area contributed by atoms with E-state index >= 15 is 0 Å². The van der Waals surface area contributed by atoms with Gasteiger partial charge in [-0.25, -0.2) is 0 Å². The molecule has 2 aromatic rings. The van der Waals surface area contributed by atoms with Gasteiger partial charge in [0.25, 0.3) is 5.69 Å². The number of rotatable bonds is 5. The summed E-state index contributed by atoms with van der Waals surface area (Å²) in [4.78, 5) is 23.3. The van der Waals surface area contributed by atoms with Gasteiger partial charge < -0.3 is 5.32 Å². The first kappa shape index (κ1) is 15.5. The monoisotopic (exact) mass is 366 g/mol. The fraction of sp³-hybridized carbons (Fsp3) is 0.0714. The van der Waals surface area contributed by atoms with Crippen molar-refractivity contribution < 1.29 is 9.72 Å². The standard InChI is InChI=1S/C14H11BrN2O3S/c15-9-14(18)16-10-1-5-12(6-2-10)21-13-7-3-11(4-8-13)17(19)20/h1-8H,9H2,(H,16,18). The summed E-state index contributed by atoms with van der Waals surface area (Å²) >= 11 is 4.58.